The molecule has 5 nitrogen and oxygen atoms in total. The zero-order valence-electron chi connectivity index (χ0n) is 17.0. The van der Waals surface area contributed by atoms with Crippen LogP contribution in [0.25, 0.3) is 46.4 Å². The number of fused-ring (bicyclic) bond motifs is 8. The van der Waals surface area contributed by atoms with E-state index in [1.165, 1.54) is 0 Å². The average Bonchev–Trinajstić information content (AvgIpc) is 3.55. The molecule has 2 aliphatic rings. The normalized spacial score (nSPS) is 11.4. The molecule has 0 unspecified atom stereocenters. The molecule has 0 spiro atoms. The number of aromatic nitrogens is 4. The molecule has 1 aromatic carbocycles. The van der Waals surface area contributed by atoms with Gasteiger partial charge < -0.3 is 15.7 Å². The van der Waals surface area contributed by atoms with Crippen molar-refractivity contribution in [3.05, 3.63) is 102 Å². The number of aromatic amines is 2. The minimum atomic E-state index is 0. The first kappa shape index (κ1) is 21.3. The largest absolute Gasteiger partial charge is 0.449 e. The molecule has 32 heavy (non-hydrogen) atoms. The molecular weight excluding hydrogens is 441 g/mol. The summed E-state index contributed by atoms with van der Waals surface area (Å²) < 4.78 is 0. The average molecular weight is 461 g/mol. The molecule has 0 saturated carbocycles. The van der Waals surface area contributed by atoms with E-state index < -0.39 is 0 Å². The second-order valence-corrected chi connectivity index (χ2v) is 7.24. The molecule has 8 bridgehead atoms. The van der Waals surface area contributed by atoms with Gasteiger partial charge in [0.1, 0.15) is 0 Å². The molecular formula is C26H20N5Ni-. The summed E-state index contributed by atoms with van der Waals surface area (Å²) in [6.45, 7) is 0. The molecule has 3 aromatic heterocycles. The summed E-state index contributed by atoms with van der Waals surface area (Å²) in [5.74, 6) is 0. The van der Waals surface area contributed by atoms with Crippen LogP contribution in [-0.2, 0) is 16.5 Å². The van der Waals surface area contributed by atoms with Crippen molar-refractivity contribution in [1.82, 2.24) is 19.9 Å². The number of H-pyrrole nitrogens is 2. The fourth-order valence-corrected chi connectivity index (χ4v) is 3.35. The molecule has 6 rings (SSSR count). The Hall–Kier alpha value is -3.89. The Bertz CT molecular complexity index is 1360. The van der Waals surface area contributed by atoms with Crippen molar-refractivity contribution in [3.63, 3.8) is 0 Å². The molecule has 4 N–H and O–H groups in total. The summed E-state index contributed by atoms with van der Waals surface area (Å²) in [5.41, 5.74) is 14.0. The van der Waals surface area contributed by atoms with Gasteiger partial charge in [0.2, 0.25) is 0 Å². The number of nitrogens with one attached hydrogen (secondary N) is 2. The molecule has 4 aromatic rings. The number of benzene rings is 1. The van der Waals surface area contributed by atoms with Crippen LogP contribution in [0.3, 0.4) is 0 Å². The molecule has 0 saturated heterocycles. The van der Waals surface area contributed by atoms with Gasteiger partial charge in [-0.15, -0.1) is 0 Å². The minimum absolute atomic E-state index is 0. The van der Waals surface area contributed by atoms with Crippen LogP contribution in [0.15, 0.2) is 72.8 Å². The number of nitrogen functional groups attached to an aromatic ring is 1. The van der Waals surface area contributed by atoms with Gasteiger partial charge in [0.05, 0.1) is 22.8 Å². The minimum Gasteiger partial charge on any atom is -0.449 e. The Labute approximate surface area is 195 Å². The fraction of sp³-hybridized carbons (Fsp3) is 0. The Morgan fingerprint density at radius 3 is 1.50 bits per heavy atom. The maximum atomic E-state index is 5.33. The van der Waals surface area contributed by atoms with Crippen LogP contribution >= 0.6 is 0 Å². The van der Waals surface area contributed by atoms with Crippen molar-refractivity contribution in [2.75, 3.05) is 5.73 Å². The van der Waals surface area contributed by atoms with Crippen molar-refractivity contribution in [2.24, 2.45) is 0 Å². The molecule has 0 aliphatic carbocycles. The first-order valence-electron chi connectivity index (χ1n) is 9.96. The maximum Gasteiger partial charge on any atom is 0.0659 e. The summed E-state index contributed by atoms with van der Waals surface area (Å²) in [4.78, 5) is 16.0. The Balaban J connectivity index is 0.000000265. The van der Waals surface area contributed by atoms with Gasteiger partial charge in [0.25, 0.3) is 0 Å². The number of nitrogens with two attached hydrogens (primary N) is 1. The van der Waals surface area contributed by atoms with E-state index >= 15 is 0 Å². The summed E-state index contributed by atoms with van der Waals surface area (Å²) in [6.07, 6.45) is 8.05. The van der Waals surface area contributed by atoms with Crippen LogP contribution in [0.1, 0.15) is 22.8 Å². The third-order valence-electron chi connectivity index (χ3n) is 4.77. The van der Waals surface area contributed by atoms with Gasteiger partial charge in [-0.1, -0.05) is 5.69 Å². The van der Waals surface area contributed by atoms with E-state index in [1.54, 1.807) is 6.07 Å². The van der Waals surface area contributed by atoms with E-state index in [1.807, 2.05) is 60.7 Å². The van der Waals surface area contributed by atoms with Crippen LogP contribution in [0, 0.1) is 6.07 Å². The van der Waals surface area contributed by atoms with Crippen molar-refractivity contribution >= 4 is 52.1 Å². The van der Waals surface area contributed by atoms with Crippen LogP contribution in [0.5, 0.6) is 0 Å². The zero-order valence-corrected chi connectivity index (χ0v) is 18.0. The number of hydrogen-bond acceptors (Lipinski definition) is 3. The Morgan fingerprint density at radius 2 is 1.09 bits per heavy atom. The van der Waals surface area contributed by atoms with E-state index in [0.717, 1.165) is 50.5 Å². The quantitative estimate of drug-likeness (QED) is 0.154. The van der Waals surface area contributed by atoms with E-state index in [0.29, 0.717) is 0 Å². The van der Waals surface area contributed by atoms with Crippen LogP contribution in [-0.4, -0.2) is 19.9 Å². The maximum absolute atomic E-state index is 5.33. The van der Waals surface area contributed by atoms with Gasteiger partial charge in [-0.05, 0) is 72.8 Å². The van der Waals surface area contributed by atoms with Gasteiger partial charge in [0.15, 0.2) is 0 Å². The standard InChI is InChI=1S/C20H14N4.C6H6N.Ni/c1-2-14-10-16-5-6-18(23-16)12-20-8-7-19(24-20)11-17-4-3-15(22-17)9-13(1)21-14;7-6-4-2-1-3-5-6;/h1-12,21-22H;1-2,4-5H,7H2;/q;-1;. The van der Waals surface area contributed by atoms with Crippen molar-refractivity contribution in [2.45, 2.75) is 0 Å². The first-order chi connectivity index (χ1) is 15.2. The van der Waals surface area contributed by atoms with Crippen molar-refractivity contribution < 1.29 is 16.5 Å². The monoisotopic (exact) mass is 460 g/mol. The molecule has 0 radical (unpaired) electrons. The number of nitrogens with zero attached hydrogens (tertiary/aromatic N) is 2. The summed E-state index contributed by atoms with van der Waals surface area (Å²) >= 11 is 0. The topological polar surface area (TPSA) is 83.4 Å². The Kier molecular flexibility index (Phi) is 6.34. The van der Waals surface area contributed by atoms with Crippen LogP contribution in [0.2, 0.25) is 0 Å². The van der Waals surface area contributed by atoms with E-state index in [9.17, 15) is 0 Å². The molecule has 0 amide bonds. The third-order valence-corrected chi connectivity index (χ3v) is 4.77. The number of anilines is 1. The van der Waals surface area contributed by atoms with Gasteiger partial charge in [-0.3, -0.25) is 0 Å². The molecule has 160 valence electrons. The fourth-order valence-electron chi connectivity index (χ4n) is 3.35. The SMILES string of the molecule is C1=Cc2cc3ccc(cc4ccc(cc5nc(cc1n2)C=C5)[nH]4)[nH]3.Nc1c[c-]ccc1.[Ni]. The van der Waals surface area contributed by atoms with Crippen molar-refractivity contribution in [3.8, 4) is 0 Å². The van der Waals surface area contributed by atoms with Gasteiger partial charge in [-0.2, -0.15) is 30.3 Å². The molecule has 2 aliphatic heterocycles. The van der Waals surface area contributed by atoms with Gasteiger partial charge >= 0.3 is 0 Å². The second-order valence-electron chi connectivity index (χ2n) is 7.24. The third kappa shape index (κ3) is 5.23. The van der Waals surface area contributed by atoms with E-state index in [-0.39, 0.29) is 16.5 Å². The summed E-state index contributed by atoms with van der Waals surface area (Å²) in [7, 11) is 0. The number of rotatable bonds is 0. The first-order valence-corrected chi connectivity index (χ1v) is 9.96. The molecule has 0 atom stereocenters. The smallest absolute Gasteiger partial charge is 0.0659 e. The second kappa shape index (κ2) is 9.50. The predicted molar refractivity (Wildman–Crippen MR) is 129 cm³/mol. The van der Waals surface area contributed by atoms with E-state index in [4.69, 9.17) is 5.73 Å². The summed E-state index contributed by atoms with van der Waals surface area (Å²) in [6, 6.07) is 26.5. The van der Waals surface area contributed by atoms with Crippen molar-refractivity contribution in [1.29, 1.82) is 0 Å². The summed E-state index contributed by atoms with van der Waals surface area (Å²) in [5, 5.41) is 0. The Morgan fingerprint density at radius 1 is 0.625 bits per heavy atom. The van der Waals surface area contributed by atoms with E-state index in [2.05, 4.69) is 56.3 Å². The van der Waals surface area contributed by atoms with Gasteiger partial charge in [-0.25, -0.2) is 9.97 Å². The zero-order chi connectivity index (χ0) is 21.0. The van der Waals surface area contributed by atoms with Crippen LogP contribution < -0.4 is 5.73 Å². The van der Waals surface area contributed by atoms with Crippen LogP contribution in [0.4, 0.5) is 5.69 Å². The molecule has 6 heteroatoms. The molecule has 0 fully saturated rings. The molecule has 5 heterocycles. The number of hydrogen-bond donors (Lipinski definition) is 3. The predicted octanol–water partition coefficient (Wildman–Crippen LogP) is 5.72. The van der Waals surface area contributed by atoms with Gasteiger partial charge in [0, 0.05) is 38.6 Å².